The lowest BCUT2D eigenvalue weighted by Crippen LogP contribution is -2.12. The molecule has 32 heavy (non-hydrogen) atoms. The van der Waals surface area contributed by atoms with E-state index in [-0.39, 0.29) is 16.3 Å². The molecule has 2 aromatic carbocycles. The van der Waals surface area contributed by atoms with Crippen molar-refractivity contribution in [2.24, 2.45) is 5.14 Å². The van der Waals surface area contributed by atoms with Crippen LogP contribution in [-0.4, -0.2) is 23.2 Å². The first-order valence-electron chi connectivity index (χ1n) is 9.36. The molecule has 0 amide bonds. The first-order valence-corrected chi connectivity index (χ1v) is 10.9. The number of benzene rings is 2. The van der Waals surface area contributed by atoms with Gasteiger partial charge < -0.3 is 0 Å². The molecular weight excluding hydrogens is 441 g/mol. The van der Waals surface area contributed by atoms with E-state index in [0.29, 0.717) is 5.56 Å². The maximum Gasteiger partial charge on any atom is 0.435 e. The van der Waals surface area contributed by atoms with E-state index in [4.69, 9.17) is 5.14 Å². The highest BCUT2D eigenvalue weighted by Crippen LogP contribution is 2.36. The summed E-state index contributed by atoms with van der Waals surface area (Å²) in [4.78, 5) is 3.94. The van der Waals surface area contributed by atoms with Crippen molar-refractivity contribution in [3.63, 3.8) is 0 Å². The van der Waals surface area contributed by atoms with Crippen molar-refractivity contribution in [2.45, 2.75) is 18.0 Å². The summed E-state index contributed by atoms with van der Waals surface area (Å²) in [7, 11) is -3.94. The fourth-order valence-electron chi connectivity index (χ4n) is 3.30. The number of nitrogens with zero attached hydrogens (tertiary/aromatic N) is 3. The summed E-state index contributed by atoms with van der Waals surface area (Å²) in [6.45, 7) is 1.79. The molecule has 4 aromatic rings. The number of aryl methyl sites for hydroxylation is 1. The molecule has 2 heterocycles. The SMILES string of the molecule is Cc1ccc(-c2cccnc2)cc1-c1cc(C(F)(F)F)nn1-c1ccc(S(N)(=O)=O)cc1. The molecule has 4 rings (SSSR count). The smallest absolute Gasteiger partial charge is 0.264 e. The van der Waals surface area contributed by atoms with E-state index < -0.39 is 21.9 Å². The van der Waals surface area contributed by atoms with Crippen LogP contribution in [0.25, 0.3) is 28.1 Å². The predicted molar refractivity (Wildman–Crippen MR) is 113 cm³/mol. The minimum atomic E-state index is -4.66. The predicted octanol–water partition coefficient (Wildman–Crippen LogP) is 4.58. The molecule has 0 spiro atoms. The molecule has 0 aliphatic rings. The largest absolute Gasteiger partial charge is 0.435 e. The summed E-state index contributed by atoms with van der Waals surface area (Å²) in [6.07, 6.45) is -1.36. The molecule has 0 aliphatic carbocycles. The number of alkyl halides is 3. The number of sulfonamides is 1. The van der Waals surface area contributed by atoms with Crippen LogP contribution in [0.1, 0.15) is 11.3 Å². The Labute approximate surface area is 182 Å². The fourth-order valence-corrected chi connectivity index (χ4v) is 3.81. The maximum atomic E-state index is 13.5. The number of rotatable bonds is 4. The Kier molecular flexibility index (Phi) is 5.35. The second-order valence-electron chi connectivity index (χ2n) is 7.13. The molecule has 0 unspecified atom stereocenters. The molecule has 10 heteroatoms. The quantitative estimate of drug-likeness (QED) is 0.485. The van der Waals surface area contributed by atoms with Gasteiger partial charge in [0.1, 0.15) is 0 Å². The molecule has 6 nitrogen and oxygen atoms in total. The van der Waals surface area contributed by atoms with Gasteiger partial charge in [-0.2, -0.15) is 18.3 Å². The summed E-state index contributed by atoms with van der Waals surface area (Å²) in [5, 5.41) is 8.88. The number of hydrogen-bond acceptors (Lipinski definition) is 4. The van der Waals surface area contributed by atoms with Gasteiger partial charge >= 0.3 is 6.18 Å². The van der Waals surface area contributed by atoms with Crippen LogP contribution >= 0.6 is 0 Å². The van der Waals surface area contributed by atoms with Crippen molar-refractivity contribution in [1.29, 1.82) is 0 Å². The van der Waals surface area contributed by atoms with Crippen molar-refractivity contribution in [1.82, 2.24) is 14.8 Å². The van der Waals surface area contributed by atoms with Gasteiger partial charge in [0.2, 0.25) is 10.0 Å². The molecule has 0 aliphatic heterocycles. The molecule has 0 fully saturated rings. The molecule has 0 saturated carbocycles. The van der Waals surface area contributed by atoms with Crippen molar-refractivity contribution < 1.29 is 21.6 Å². The molecule has 0 atom stereocenters. The number of halogens is 3. The average molecular weight is 458 g/mol. The second kappa shape index (κ2) is 7.88. The molecule has 2 N–H and O–H groups in total. The van der Waals surface area contributed by atoms with Crippen LogP contribution in [0.15, 0.2) is 78.0 Å². The Balaban J connectivity index is 1.91. The van der Waals surface area contributed by atoms with Crippen LogP contribution < -0.4 is 5.14 Å². The van der Waals surface area contributed by atoms with E-state index in [2.05, 4.69) is 10.1 Å². The van der Waals surface area contributed by atoms with Gasteiger partial charge in [0.05, 0.1) is 16.3 Å². The van der Waals surface area contributed by atoms with Crippen LogP contribution in [0.3, 0.4) is 0 Å². The average Bonchev–Trinajstić information content (AvgIpc) is 3.20. The van der Waals surface area contributed by atoms with Crippen molar-refractivity contribution in [3.8, 4) is 28.1 Å². The summed E-state index contributed by atoms with van der Waals surface area (Å²) in [5.74, 6) is 0. The summed E-state index contributed by atoms with van der Waals surface area (Å²) in [6, 6.07) is 15.2. The zero-order valence-electron chi connectivity index (χ0n) is 16.7. The first kappa shape index (κ1) is 21.7. The molecule has 0 bridgehead atoms. The van der Waals surface area contributed by atoms with E-state index >= 15 is 0 Å². The molecule has 0 saturated heterocycles. The normalized spacial score (nSPS) is 12.2. The third-order valence-electron chi connectivity index (χ3n) is 4.92. The van der Waals surface area contributed by atoms with Crippen LogP contribution in [0.5, 0.6) is 0 Å². The van der Waals surface area contributed by atoms with Gasteiger partial charge in [-0.1, -0.05) is 18.2 Å². The lowest BCUT2D eigenvalue weighted by Gasteiger charge is -2.12. The van der Waals surface area contributed by atoms with Crippen molar-refractivity contribution in [2.75, 3.05) is 0 Å². The van der Waals surface area contributed by atoms with Crippen LogP contribution in [0.4, 0.5) is 13.2 Å². The lowest BCUT2D eigenvalue weighted by atomic mass is 9.98. The van der Waals surface area contributed by atoms with Gasteiger partial charge in [0.15, 0.2) is 5.69 Å². The Hall–Kier alpha value is -3.50. The Morgan fingerprint density at radius 1 is 0.969 bits per heavy atom. The number of pyridine rings is 1. The number of hydrogen-bond donors (Lipinski definition) is 1. The molecule has 2 aromatic heterocycles. The van der Waals surface area contributed by atoms with E-state index in [1.165, 1.54) is 24.3 Å². The Bertz CT molecular complexity index is 1380. The summed E-state index contributed by atoms with van der Waals surface area (Å²) >= 11 is 0. The lowest BCUT2D eigenvalue weighted by molar-refractivity contribution is -0.141. The molecule has 0 radical (unpaired) electrons. The van der Waals surface area contributed by atoms with E-state index in [0.717, 1.165) is 27.4 Å². The zero-order chi connectivity index (χ0) is 23.1. The number of aromatic nitrogens is 3. The first-order chi connectivity index (χ1) is 15.0. The second-order valence-corrected chi connectivity index (χ2v) is 8.70. The molecule has 164 valence electrons. The van der Waals surface area contributed by atoms with Crippen LogP contribution in [0, 0.1) is 6.92 Å². The summed E-state index contributed by atoms with van der Waals surface area (Å²) < 4.78 is 64.7. The minimum absolute atomic E-state index is 0.152. The van der Waals surface area contributed by atoms with Gasteiger partial charge in [0, 0.05) is 23.5 Å². The monoisotopic (exact) mass is 458 g/mol. The minimum Gasteiger partial charge on any atom is -0.264 e. The van der Waals surface area contributed by atoms with Crippen molar-refractivity contribution >= 4 is 10.0 Å². The third-order valence-corrected chi connectivity index (χ3v) is 5.85. The van der Waals surface area contributed by atoms with E-state index in [1.807, 2.05) is 18.2 Å². The highest BCUT2D eigenvalue weighted by molar-refractivity contribution is 7.89. The Morgan fingerprint density at radius 2 is 1.69 bits per heavy atom. The number of primary sulfonamides is 1. The topological polar surface area (TPSA) is 90.9 Å². The van der Waals surface area contributed by atoms with Crippen LogP contribution in [0.2, 0.25) is 0 Å². The molecular formula is C22H17F3N4O2S. The third kappa shape index (κ3) is 4.27. The highest BCUT2D eigenvalue weighted by atomic mass is 32.2. The summed E-state index contributed by atoms with van der Waals surface area (Å²) in [5.41, 5.74) is 2.30. The fraction of sp³-hybridized carbons (Fsp3) is 0.0909. The van der Waals surface area contributed by atoms with E-state index in [9.17, 15) is 21.6 Å². The van der Waals surface area contributed by atoms with Gasteiger partial charge in [-0.25, -0.2) is 18.2 Å². The van der Waals surface area contributed by atoms with Crippen LogP contribution in [-0.2, 0) is 16.2 Å². The van der Waals surface area contributed by atoms with E-state index in [1.54, 1.807) is 31.5 Å². The van der Waals surface area contributed by atoms with Gasteiger partial charge in [0.25, 0.3) is 0 Å². The number of nitrogens with two attached hydrogens (primary N) is 1. The highest BCUT2D eigenvalue weighted by Gasteiger charge is 2.35. The van der Waals surface area contributed by atoms with Gasteiger partial charge in [-0.05, 0) is 60.5 Å². The van der Waals surface area contributed by atoms with Gasteiger partial charge in [-0.3, -0.25) is 4.98 Å². The van der Waals surface area contributed by atoms with Gasteiger partial charge in [-0.15, -0.1) is 0 Å². The Morgan fingerprint density at radius 3 is 2.28 bits per heavy atom. The zero-order valence-corrected chi connectivity index (χ0v) is 17.5. The van der Waals surface area contributed by atoms with Crippen molar-refractivity contribution in [3.05, 3.63) is 84.3 Å². The standard InChI is InChI=1S/C22H17F3N4O2S/c1-14-4-5-15(16-3-2-10-27-13-16)11-19(14)20-12-21(22(23,24)25)28-29(20)17-6-8-18(9-7-17)32(26,30)31/h2-13H,1H3,(H2,26,30,31). The maximum absolute atomic E-state index is 13.5.